The molecule has 0 bridgehead atoms. The quantitative estimate of drug-likeness (QED) is 0.896. The van der Waals surface area contributed by atoms with Crippen molar-refractivity contribution in [2.45, 2.75) is 64.5 Å². The van der Waals surface area contributed by atoms with E-state index in [1.54, 1.807) is 6.20 Å². The maximum absolute atomic E-state index is 12.8. The molecule has 25 heavy (non-hydrogen) atoms. The first-order chi connectivity index (χ1) is 12.0. The predicted molar refractivity (Wildman–Crippen MR) is 98.1 cm³/mol. The Kier molecular flexibility index (Phi) is 5.23. The molecule has 0 saturated heterocycles. The molecule has 2 N–H and O–H groups in total. The van der Waals surface area contributed by atoms with Crippen LogP contribution in [-0.4, -0.2) is 32.9 Å². The molecule has 0 spiro atoms. The second-order valence-corrected chi connectivity index (χ2v) is 7.28. The minimum absolute atomic E-state index is 0.145. The van der Waals surface area contributed by atoms with Gasteiger partial charge in [0.2, 0.25) is 0 Å². The van der Waals surface area contributed by atoms with Crippen LogP contribution in [0.5, 0.6) is 0 Å². The molecule has 2 atom stereocenters. The summed E-state index contributed by atoms with van der Waals surface area (Å²) in [4.78, 5) is 12.8. The van der Waals surface area contributed by atoms with E-state index < -0.39 is 6.10 Å². The summed E-state index contributed by atoms with van der Waals surface area (Å²) >= 11 is 0. The van der Waals surface area contributed by atoms with Gasteiger partial charge < -0.3 is 10.4 Å². The Balaban J connectivity index is 1.88. The van der Waals surface area contributed by atoms with E-state index in [1.807, 2.05) is 35.9 Å². The third-order valence-corrected chi connectivity index (χ3v) is 4.92. The lowest BCUT2D eigenvalue weighted by molar-refractivity contribution is 0.0716. The van der Waals surface area contributed by atoms with Gasteiger partial charge in [0.25, 0.3) is 5.91 Å². The maximum Gasteiger partial charge on any atom is 0.255 e. The van der Waals surface area contributed by atoms with Crippen LogP contribution < -0.4 is 5.32 Å². The number of hydrogen-bond acceptors (Lipinski definition) is 3. The molecule has 1 heterocycles. The lowest BCUT2D eigenvalue weighted by atomic mass is 9.92. The number of aromatic nitrogens is 2. The molecule has 5 nitrogen and oxygen atoms in total. The third kappa shape index (κ3) is 3.76. The van der Waals surface area contributed by atoms with Crippen molar-refractivity contribution < 1.29 is 9.90 Å². The Hall–Kier alpha value is -2.14. The van der Waals surface area contributed by atoms with E-state index in [1.165, 1.54) is 5.56 Å². The first-order valence-electron chi connectivity index (χ1n) is 9.11. The SMILES string of the molecule is Cc1ccc(-n2ncc(C(=O)NC3CCCCC3O)c2C(C)C)cc1. The molecule has 1 aromatic heterocycles. The van der Waals surface area contributed by atoms with Crippen molar-refractivity contribution in [3.05, 3.63) is 47.3 Å². The van der Waals surface area contributed by atoms with Gasteiger partial charge in [-0.05, 0) is 37.8 Å². The highest BCUT2D eigenvalue weighted by Gasteiger charge is 2.27. The highest BCUT2D eigenvalue weighted by atomic mass is 16.3. The second kappa shape index (κ2) is 7.40. The van der Waals surface area contributed by atoms with Crippen molar-refractivity contribution in [2.24, 2.45) is 0 Å². The Morgan fingerprint density at radius 2 is 1.92 bits per heavy atom. The molecule has 5 heteroatoms. The van der Waals surface area contributed by atoms with Crippen molar-refractivity contribution in [3.8, 4) is 5.69 Å². The molecule has 1 aromatic carbocycles. The van der Waals surface area contributed by atoms with E-state index in [0.717, 1.165) is 37.1 Å². The summed E-state index contributed by atoms with van der Waals surface area (Å²) in [6.07, 6.45) is 4.84. The topological polar surface area (TPSA) is 67.2 Å². The normalized spacial score (nSPS) is 20.7. The fourth-order valence-corrected chi connectivity index (χ4v) is 3.51. The lowest BCUT2D eigenvalue weighted by Gasteiger charge is -2.28. The van der Waals surface area contributed by atoms with Gasteiger partial charge >= 0.3 is 0 Å². The van der Waals surface area contributed by atoms with Crippen LogP contribution in [0.2, 0.25) is 0 Å². The Morgan fingerprint density at radius 3 is 2.56 bits per heavy atom. The molecule has 1 aliphatic rings. The molecule has 2 aromatic rings. The number of aryl methyl sites for hydroxylation is 1. The molecular formula is C20H27N3O2. The van der Waals surface area contributed by atoms with Crippen molar-refractivity contribution in [2.75, 3.05) is 0 Å². The van der Waals surface area contributed by atoms with Crippen LogP contribution >= 0.6 is 0 Å². The van der Waals surface area contributed by atoms with Crippen molar-refractivity contribution in [3.63, 3.8) is 0 Å². The zero-order chi connectivity index (χ0) is 18.0. The standard InChI is InChI=1S/C20H27N3O2/c1-13(2)19-16(20(25)22-17-6-4-5-7-18(17)24)12-21-23(19)15-10-8-14(3)9-11-15/h8-13,17-18,24H,4-7H2,1-3H3,(H,22,25). The minimum Gasteiger partial charge on any atom is -0.391 e. The van der Waals surface area contributed by atoms with Gasteiger partial charge in [0.1, 0.15) is 0 Å². The van der Waals surface area contributed by atoms with Crippen LogP contribution in [0.4, 0.5) is 0 Å². The molecule has 3 rings (SSSR count). The van der Waals surface area contributed by atoms with Crippen LogP contribution in [0.3, 0.4) is 0 Å². The largest absolute Gasteiger partial charge is 0.391 e. The number of aliphatic hydroxyl groups is 1. The third-order valence-electron chi connectivity index (χ3n) is 4.92. The molecule has 0 aliphatic heterocycles. The Morgan fingerprint density at radius 1 is 1.24 bits per heavy atom. The fraction of sp³-hybridized carbons (Fsp3) is 0.500. The van der Waals surface area contributed by atoms with Crippen LogP contribution in [0.1, 0.15) is 67.1 Å². The van der Waals surface area contributed by atoms with Gasteiger partial charge in [-0.25, -0.2) is 4.68 Å². The molecular weight excluding hydrogens is 314 g/mol. The van der Waals surface area contributed by atoms with E-state index in [2.05, 4.69) is 24.3 Å². The van der Waals surface area contributed by atoms with E-state index >= 15 is 0 Å². The number of benzene rings is 1. The number of nitrogens with one attached hydrogen (secondary N) is 1. The molecule has 1 fully saturated rings. The van der Waals surface area contributed by atoms with E-state index in [-0.39, 0.29) is 17.9 Å². The van der Waals surface area contributed by atoms with Gasteiger partial charge in [-0.1, -0.05) is 44.4 Å². The number of carbonyl (C=O) groups excluding carboxylic acids is 1. The number of aliphatic hydroxyl groups excluding tert-OH is 1. The first-order valence-corrected chi connectivity index (χ1v) is 9.11. The van der Waals surface area contributed by atoms with Gasteiger partial charge in [0, 0.05) is 0 Å². The zero-order valence-corrected chi connectivity index (χ0v) is 15.2. The van der Waals surface area contributed by atoms with Gasteiger partial charge in [0.15, 0.2) is 0 Å². The molecule has 2 unspecified atom stereocenters. The summed E-state index contributed by atoms with van der Waals surface area (Å²) in [6, 6.07) is 7.95. The van der Waals surface area contributed by atoms with Crippen LogP contribution in [0, 0.1) is 6.92 Å². The monoisotopic (exact) mass is 341 g/mol. The molecule has 0 radical (unpaired) electrons. The summed E-state index contributed by atoms with van der Waals surface area (Å²) < 4.78 is 1.84. The molecule has 134 valence electrons. The van der Waals surface area contributed by atoms with Crippen LogP contribution in [-0.2, 0) is 0 Å². The van der Waals surface area contributed by atoms with E-state index in [0.29, 0.717) is 5.56 Å². The van der Waals surface area contributed by atoms with Gasteiger partial charge in [-0.3, -0.25) is 4.79 Å². The van der Waals surface area contributed by atoms with Gasteiger partial charge in [-0.2, -0.15) is 5.10 Å². The van der Waals surface area contributed by atoms with Gasteiger partial charge in [-0.15, -0.1) is 0 Å². The van der Waals surface area contributed by atoms with Crippen molar-refractivity contribution >= 4 is 5.91 Å². The zero-order valence-electron chi connectivity index (χ0n) is 15.2. The number of nitrogens with zero attached hydrogens (tertiary/aromatic N) is 2. The average molecular weight is 341 g/mol. The highest BCUT2D eigenvalue weighted by molar-refractivity contribution is 5.95. The predicted octanol–water partition coefficient (Wildman–Crippen LogP) is 3.34. The Bertz CT molecular complexity index is 734. The Labute approximate surface area is 149 Å². The molecule has 1 saturated carbocycles. The van der Waals surface area contributed by atoms with Crippen LogP contribution in [0.15, 0.2) is 30.5 Å². The summed E-state index contributed by atoms with van der Waals surface area (Å²) in [5, 5.41) is 17.6. The van der Waals surface area contributed by atoms with Crippen molar-refractivity contribution in [1.82, 2.24) is 15.1 Å². The number of hydrogen-bond donors (Lipinski definition) is 2. The first kappa shape index (κ1) is 17.7. The molecule has 1 aliphatic carbocycles. The summed E-state index contributed by atoms with van der Waals surface area (Å²) in [5.41, 5.74) is 3.62. The smallest absolute Gasteiger partial charge is 0.255 e. The molecule has 1 amide bonds. The second-order valence-electron chi connectivity index (χ2n) is 7.28. The van der Waals surface area contributed by atoms with Crippen molar-refractivity contribution in [1.29, 1.82) is 0 Å². The number of rotatable bonds is 4. The minimum atomic E-state index is -0.452. The summed E-state index contributed by atoms with van der Waals surface area (Å²) in [5.74, 6) is 0.00819. The number of carbonyl (C=O) groups is 1. The summed E-state index contributed by atoms with van der Waals surface area (Å²) in [7, 11) is 0. The van der Waals surface area contributed by atoms with Crippen LogP contribution in [0.25, 0.3) is 5.69 Å². The van der Waals surface area contributed by atoms with E-state index in [4.69, 9.17) is 0 Å². The summed E-state index contributed by atoms with van der Waals surface area (Å²) in [6.45, 7) is 6.17. The average Bonchev–Trinajstić information content (AvgIpc) is 3.03. The lowest BCUT2D eigenvalue weighted by Crippen LogP contribution is -2.45. The number of amides is 1. The van der Waals surface area contributed by atoms with Gasteiger partial charge in [0.05, 0.1) is 35.3 Å². The van der Waals surface area contributed by atoms with E-state index in [9.17, 15) is 9.90 Å². The fourth-order valence-electron chi connectivity index (χ4n) is 3.51. The highest BCUT2D eigenvalue weighted by Crippen LogP contribution is 2.24. The maximum atomic E-state index is 12.8.